The molecule has 0 saturated heterocycles. The van der Waals surface area contributed by atoms with Gasteiger partial charge in [0.05, 0.1) is 6.54 Å². The fourth-order valence-corrected chi connectivity index (χ4v) is 2.28. The second-order valence-electron chi connectivity index (χ2n) is 5.09. The summed E-state index contributed by atoms with van der Waals surface area (Å²) in [6.07, 6.45) is 0. The van der Waals surface area contributed by atoms with E-state index in [1.54, 1.807) is 0 Å². The van der Waals surface area contributed by atoms with Gasteiger partial charge in [0, 0.05) is 24.2 Å². The molecule has 4 N–H and O–H groups in total. The molecule has 4 nitrogen and oxygen atoms in total. The van der Waals surface area contributed by atoms with Gasteiger partial charge in [-0.25, -0.2) is 0 Å². The number of hydrogen-bond acceptors (Lipinski definition) is 3. The van der Waals surface area contributed by atoms with Gasteiger partial charge in [-0.2, -0.15) is 0 Å². The molecule has 5 heteroatoms. The lowest BCUT2D eigenvalue weighted by Gasteiger charge is -2.31. The molecular weight excluding hydrogens is 262 g/mol. The minimum atomic E-state index is -0.340. The second-order valence-corrected chi connectivity index (χ2v) is 5.53. The van der Waals surface area contributed by atoms with Crippen LogP contribution < -0.4 is 11.5 Å². The van der Waals surface area contributed by atoms with Gasteiger partial charge in [-0.3, -0.25) is 9.69 Å². The van der Waals surface area contributed by atoms with Crippen LogP contribution >= 0.6 is 11.6 Å². The molecule has 0 bridgehead atoms. The first-order valence-electron chi connectivity index (χ1n) is 6.42. The van der Waals surface area contributed by atoms with Crippen LogP contribution in [0, 0.1) is 5.92 Å². The Morgan fingerprint density at radius 2 is 1.89 bits per heavy atom. The van der Waals surface area contributed by atoms with E-state index in [1.165, 1.54) is 0 Å². The fraction of sp³-hybridized carbons (Fsp3) is 0.500. The second kappa shape index (κ2) is 7.48. The number of amides is 1. The molecule has 106 valence electrons. The molecule has 0 spiro atoms. The number of carbonyl (C=O) groups is 1. The van der Waals surface area contributed by atoms with E-state index in [9.17, 15) is 4.79 Å². The number of carbonyl (C=O) groups excluding carboxylic acids is 1. The van der Waals surface area contributed by atoms with Crippen LogP contribution in [0.1, 0.15) is 25.5 Å². The predicted octanol–water partition coefficient (Wildman–Crippen LogP) is 1.78. The molecule has 19 heavy (non-hydrogen) atoms. The van der Waals surface area contributed by atoms with E-state index in [4.69, 9.17) is 23.1 Å². The van der Waals surface area contributed by atoms with Crippen molar-refractivity contribution in [3.8, 4) is 0 Å². The smallest absolute Gasteiger partial charge is 0.231 e. The Morgan fingerprint density at radius 3 is 2.32 bits per heavy atom. The lowest BCUT2D eigenvalue weighted by atomic mass is 10.0. The average molecular weight is 284 g/mol. The summed E-state index contributed by atoms with van der Waals surface area (Å²) >= 11 is 5.89. The van der Waals surface area contributed by atoms with Gasteiger partial charge in [0.2, 0.25) is 5.91 Å². The summed E-state index contributed by atoms with van der Waals surface area (Å²) < 4.78 is 0. The van der Waals surface area contributed by atoms with Crippen LogP contribution in [0.5, 0.6) is 0 Å². The van der Waals surface area contributed by atoms with Crippen molar-refractivity contribution in [1.82, 2.24) is 4.90 Å². The normalized spacial score (nSPS) is 12.9. The summed E-state index contributed by atoms with van der Waals surface area (Å²) in [6.45, 7) is 5.62. The lowest BCUT2D eigenvalue weighted by molar-refractivity contribution is -0.119. The van der Waals surface area contributed by atoms with E-state index in [1.807, 2.05) is 29.2 Å². The maximum absolute atomic E-state index is 11.2. The molecule has 0 aliphatic rings. The van der Waals surface area contributed by atoms with Crippen molar-refractivity contribution >= 4 is 17.5 Å². The van der Waals surface area contributed by atoms with Crippen molar-refractivity contribution in [2.75, 3.05) is 19.6 Å². The predicted molar refractivity (Wildman–Crippen MR) is 78.9 cm³/mol. The Bertz CT molecular complexity index is 406. The Balaban J connectivity index is 2.94. The van der Waals surface area contributed by atoms with E-state index in [0.717, 1.165) is 12.1 Å². The molecule has 1 amide bonds. The Kier molecular flexibility index (Phi) is 6.28. The first-order valence-corrected chi connectivity index (χ1v) is 6.79. The molecule has 0 aliphatic carbocycles. The lowest BCUT2D eigenvalue weighted by Crippen LogP contribution is -2.41. The molecule has 0 radical (unpaired) electrons. The Hall–Kier alpha value is -1.10. The molecule has 1 atom stereocenters. The number of primary amides is 1. The summed E-state index contributed by atoms with van der Waals surface area (Å²) in [5.74, 6) is 0.0914. The fourth-order valence-electron chi connectivity index (χ4n) is 2.15. The van der Waals surface area contributed by atoms with Crippen LogP contribution in [0.4, 0.5) is 0 Å². The molecule has 0 aromatic heterocycles. The summed E-state index contributed by atoms with van der Waals surface area (Å²) in [6, 6.07) is 7.52. The zero-order chi connectivity index (χ0) is 14.4. The van der Waals surface area contributed by atoms with Gasteiger partial charge < -0.3 is 11.5 Å². The average Bonchev–Trinajstić information content (AvgIpc) is 2.30. The highest BCUT2D eigenvalue weighted by molar-refractivity contribution is 6.30. The maximum atomic E-state index is 11.2. The van der Waals surface area contributed by atoms with Gasteiger partial charge in [0.15, 0.2) is 0 Å². The van der Waals surface area contributed by atoms with E-state index >= 15 is 0 Å². The number of hydrogen-bond donors (Lipinski definition) is 2. The van der Waals surface area contributed by atoms with Gasteiger partial charge in [0.1, 0.15) is 0 Å². The van der Waals surface area contributed by atoms with Crippen molar-refractivity contribution in [2.24, 2.45) is 17.4 Å². The van der Waals surface area contributed by atoms with Crippen molar-refractivity contribution in [3.63, 3.8) is 0 Å². The number of benzene rings is 1. The van der Waals surface area contributed by atoms with Crippen molar-refractivity contribution in [1.29, 1.82) is 0 Å². The van der Waals surface area contributed by atoms with Gasteiger partial charge in [-0.05, 0) is 23.6 Å². The van der Waals surface area contributed by atoms with E-state index < -0.39 is 0 Å². The van der Waals surface area contributed by atoms with Gasteiger partial charge in [0.25, 0.3) is 0 Å². The van der Waals surface area contributed by atoms with Crippen molar-refractivity contribution < 1.29 is 4.79 Å². The minimum absolute atomic E-state index is 0.0211. The summed E-state index contributed by atoms with van der Waals surface area (Å²) in [4.78, 5) is 13.2. The number of rotatable bonds is 7. The third-order valence-corrected chi connectivity index (χ3v) is 3.13. The van der Waals surface area contributed by atoms with Crippen LogP contribution in [0.2, 0.25) is 5.02 Å². The van der Waals surface area contributed by atoms with Crippen LogP contribution in [-0.2, 0) is 4.79 Å². The van der Waals surface area contributed by atoms with Crippen LogP contribution in [0.3, 0.4) is 0 Å². The summed E-state index contributed by atoms with van der Waals surface area (Å²) in [5, 5.41) is 0.685. The van der Waals surface area contributed by atoms with Gasteiger partial charge in [-0.1, -0.05) is 37.6 Å². The zero-order valence-electron chi connectivity index (χ0n) is 11.5. The molecule has 0 heterocycles. The number of nitrogens with zero attached hydrogens (tertiary/aromatic N) is 1. The molecule has 1 aromatic rings. The summed E-state index contributed by atoms with van der Waals surface area (Å²) in [5.41, 5.74) is 12.2. The quantitative estimate of drug-likeness (QED) is 0.801. The minimum Gasteiger partial charge on any atom is -0.369 e. The van der Waals surface area contributed by atoms with Crippen LogP contribution in [0.15, 0.2) is 24.3 Å². The topological polar surface area (TPSA) is 72.3 Å². The third kappa shape index (κ3) is 5.19. The molecule has 0 saturated carbocycles. The standard InChI is InChI=1S/C14H22ClN3O/c1-10(2)8-18(9-14(17)19)13(7-16)11-3-5-12(15)6-4-11/h3-6,10,13H,7-9,16H2,1-2H3,(H2,17,19). The molecule has 1 aromatic carbocycles. The first-order chi connectivity index (χ1) is 8.93. The molecule has 0 fully saturated rings. The van der Waals surface area contributed by atoms with E-state index in [0.29, 0.717) is 17.5 Å². The third-order valence-electron chi connectivity index (χ3n) is 2.88. The molecule has 0 aliphatic heterocycles. The van der Waals surface area contributed by atoms with E-state index in [2.05, 4.69) is 13.8 Å². The van der Waals surface area contributed by atoms with Crippen molar-refractivity contribution in [2.45, 2.75) is 19.9 Å². The van der Waals surface area contributed by atoms with Crippen LogP contribution in [-0.4, -0.2) is 30.4 Å². The molecular formula is C14H22ClN3O. The molecule has 1 unspecified atom stereocenters. The highest BCUT2D eigenvalue weighted by Gasteiger charge is 2.21. The van der Waals surface area contributed by atoms with Gasteiger partial charge >= 0.3 is 0 Å². The largest absolute Gasteiger partial charge is 0.369 e. The molecule has 1 rings (SSSR count). The first kappa shape index (κ1) is 16.0. The van der Waals surface area contributed by atoms with Gasteiger partial charge in [-0.15, -0.1) is 0 Å². The SMILES string of the molecule is CC(C)CN(CC(N)=O)C(CN)c1ccc(Cl)cc1. The number of nitrogens with two attached hydrogens (primary N) is 2. The number of halogens is 1. The van der Waals surface area contributed by atoms with Crippen molar-refractivity contribution in [3.05, 3.63) is 34.9 Å². The monoisotopic (exact) mass is 283 g/mol. The highest BCUT2D eigenvalue weighted by atomic mass is 35.5. The zero-order valence-corrected chi connectivity index (χ0v) is 12.2. The maximum Gasteiger partial charge on any atom is 0.231 e. The van der Waals surface area contributed by atoms with Crippen LogP contribution in [0.25, 0.3) is 0 Å². The Morgan fingerprint density at radius 1 is 1.32 bits per heavy atom. The highest BCUT2D eigenvalue weighted by Crippen LogP contribution is 2.22. The summed E-state index contributed by atoms with van der Waals surface area (Å²) in [7, 11) is 0. The van der Waals surface area contributed by atoms with E-state index in [-0.39, 0.29) is 18.5 Å². The Labute approximate surface area is 119 Å².